The van der Waals surface area contributed by atoms with Gasteiger partial charge in [-0.25, -0.2) is 13.8 Å². The zero-order valence-corrected chi connectivity index (χ0v) is 17.3. The van der Waals surface area contributed by atoms with Crippen LogP contribution in [0.25, 0.3) is 11.3 Å². The number of nitrogens with one attached hydrogen (secondary N) is 1. The van der Waals surface area contributed by atoms with Crippen LogP contribution in [0.15, 0.2) is 33.2 Å². The maximum absolute atomic E-state index is 13.4. The van der Waals surface area contributed by atoms with E-state index in [1.165, 1.54) is 17.4 Å². The molecule has 1 N–H and O–H groups in total. The molecular formula is C18H18F2N4O2S2. The first-order valence-corrected chi connectivity index (χ1v) is 10.1. The summed E-state index contributed by atoms with van der Waals surface area (Å²) >= 11 is 2.34. The summed E-state index contributed by atoms with van der Waals surface area (Å²) < 4.78 is 32.0. The first-order valence-electron chi connectivity index (χ1n) is 8.36. The van der Waals surface area contributed by atoms with Crippen LogP contribution in [-0.2, 0) is 10.2 Å². The fraction of sp³-hybridized carbons (Fsp3) is 0.333. The number of anilines is 1. The third-order valence-corrected chi connectivity index (χ3v) is 5.34. The minimum absolute atomic E-state index is 0.269. The molecule has 1 aromatic carbocycles. The molecule has 2 heterocycles. The zero-order valence-electron chi connectivity index (χ0n) is 15.6. The predicted molar refractivity (Wildman–Crippen MR) is 104 cm³/mol. The van der Waals surface area contributed by atoms with E-state index in [2.05, 4.69) is 20.5 Å². The zero-order chi connectivity index (χ0) is 20.5. The molecule has 0 aliphatic rings. The fourth-order valence-corrected chi connectivity index (χ4v) is 3.50. The highest BCUT2D eigenvalue weighted by atomic mass is 32.2. The molecule has 10 heteroatoms. The summed E-state index contributed by atoms with van der Waals surface area (Å²) in [7, 11) is 0. The van der Waals surface area contributed by atoms with Gasteiger partial charge in [0.2, 0.25) is 11.8 Å². The van der Waals surface area contributed by atoms with E-state index in [9.17, 15) is 13.6 Å². The van der Waals surface area contributed by atoms with E-state index < -0.39 is 16.9 Å². The number of carbonyl (C=O) groups is 1. The second-order valence-corrected chi connectivity index (χ2v) is 9.19. The van der Waals surface area contributed by atoms with Crippen LogP contribution in [0.2, 0.25) is 0 Å². The summed E-state index contributed by atoms with van der Waals surface area (Å²) in [5, 5.41) is 12.5. The number of hydrogen-bond acceptors (Lipinski definition) is 7. The van der Waals surface area contributed by atoms with Crippen LogP contribution in [0.4, 0.5) is 13.9 Å². The maximum Gasteiger partial charge on any atom is 0.277 e. The van der Waals surface area contributed by atoms with Gasteiger partial charge >= 0.3 is 0 Å². The lowest BCUT2D eigenvalue weighted by Gasteiger charge is -2.11. The number of benzene rings is 1. The lowest BCUT2D eigenvalue weighted by molar-refractivity contribution is -0.115. The number of thioether (sulfide) groups is 1. The molecule has 28 heavy (non-hydrogen) atoms. The van der Waals surface area contributed by atoms with Crippen molar-refractivity contribution in [3.05, 3.63) is 41.1 Å². The number of thiazole rings is 1. The molecule has 3 aromatic rings. The van der Waals surface area contributed by atoms with Crippen molar-refractivity contribution in [1.29, 1.82) is 0 Å². The third-order valence-electron chi connectivity index (χ3n) is 3.64. The van der Waals surface area contributed by atoms with Crippen molar-refractivity contribution in [1.82, 2.24) is 15.2 Å². The molecule has 2 aromatic heterocycles. The van der Waals surface area contributed by atoms with Gasteiger partial charge in [0.25, 0.3) is 5.22 Å². The number of amides is 1. The Kier molecular flexibility index (Phi) is 5.80. The van der Waals surface area contributed by atoms with Gasteiger partial charge in [-0.3, -0.25) is 4.79 Å². The molecule has 0 saturated heterocycles. The first-order chi connectivity index (χ1) is 13.1. The van der Waals surface area contributed by atoms with E-state index in [-0.39, 0.29) is 11.3 Å². The topological polar surface area (TPSA) is 80.9 Å². The first kappa shape index (κ1) is 20.4. The molecule has 1 atom stereocenters. The highest BCUT2D eigenvalue weighted by Crippen LogP contribution is 2.29. The second-order valence-electron chi connectivity index (χ2n) is 7.04. The van der Waals surface area contributed by atoms with Crippen LogP contribution >= 0.6 is 23.1 Å². The molecule has 0 bridgehead atoms. The predicted octanol–water partition coefficient (Wildman–Crippen LogP) is 4.89. The molecule has 0 saturated carbocycles. The van der Waals surface area contributed by atoms with E-state index >= 15 is 0 Å². The summed E-state index contributed by atoms with van der Waals surface area (Å²) in [6.07, 6.45) is 0. The van der Waals surface area contributed by atoms with Crippen molar-refractivity contribution >= 4 is 34.1 Å². The van der Waals surface area contributed by atoms with E-state index in [0.29, 0.717) is 27.5 Å². The third kappa shape index (κ3) is 4.74. The average molecular weight is 424 g/mol. The average Bonchev–Trinajstić information content (AvgIpc) is 3.26. The van der Waals surface area contributed by atoms with Crippen LogP contribution in [0, 0.1) is 11.6 Å². The second kappa shape index (κ2) is 7.96. The van der Waals surface area contributed by atoms with Gasteiger partial charge in [0.1, 0.15) is 0 Å². The number of aromatic nitrogens is 3. The molecule has 0 spiro atoms. The van der Waals surface area contributed by atoms with Gasteiger partial charge in [-0.05, 0) is 25.1 Å². The molecule has 148 valence electrons. The summed E-state index contributed by atoms with van der Waals surface area (Å²) in [5.74, 6) is -1.66. The van der Waals surface area contributed by atoms with Crippen LogP contribution in [0.5, 0.6) is 0 Å². The largest absolute Gasteiger partial charge is 0.415 e. The molecule has 0 aliphatic carbocycles. The van der Waals surface area contributed by atoms with Crippen molar-refractivity contribution in [2.75, 3.05) is 5.32 Å². The van der Waals surface area contributed by atoms with Crippen molar-refractivity contribution < 1.29 is 18.0 Å². The number of nitrogens with zero attached hydrogens (tertiary/aromatic N) is 3. The van der Waals surface area contributed by atoms with Crippen molar-refractivity contribution in [3.63, 3.8) is 0 Å². The SMILES string of the molecule is CC(Sc1nnc(C(C)(C)C)o1)C(=O)Nc1nc(-c2ccc(F)c(F)c2)cs1. The van der Waals surface area contributed by atoms with Crippen LogP contribution in [0.1, 0.15) is 33.6 Å². The van der Waals surface area contributed by atoms with E-state index in [0.717, 1.165) is 23.9 Å². The summed E-state index contributed by atoms with van der Waals surface area (Å²) in [5.41, 5.74) is 0.610. The van der Waals surface area contributed by atoms with Crippen LogP contribution < -0.4 is 5.32 Å². The van der Waals surface area contributed by atoms with Gasteiger partial charge in [0.05, 0.1) is 10.9 Å². The fourth-order valence-electron chi connectivity index (χ4n) is 2.09. The molecule has 6 nitrogen and oxygen atoms in total. The smallest absolute Gasteiger partial charge is 0.277 e. The van der Waals surface area contributed by atoms with Crippen molar-refractivity contribution in [2.24, 2.45) is 0 Å². The number of halogens is 2. The summed E-state index contributed by atoms with van der Waals surface area (Å²) in [6.45, 7) is 7.58. The van der Waals surface area contributed by atoms with Gasteiger partial charge in [0, 0.05) is 16.4 Å². The van der Waals surface area contributed by atoms with Gasteiger partial charge in [-0.15, -0.1) is 21.5 Å². The van der Waals surface area contributed by atoms with Gasteiger partial charge in [-0.1, -0.05) is 32.5 Å². The Morgan fingerprint density at radius 2 is 2.00 bits per heavy atom. The number of rotatable bonds is 5. The Bertz CT molecular complexity index is 998. The maximum atomic E-state index is 13.4. The van der Waals surface area contributed by atoms with E-state index in [1.54, 1.807) is 12.3 Å². The normalized spacial score (nSPS) is 12.8. The highest BCUT2D eigenvalue weighted by molar-refractivity contribution is 8.00. The molecule has 0 aliphatic heterocycles. The Labute approximate surface area is 168 Å². The van der Waals surface area contributed by atoms with Crippen molar-refractivity contribution in [2.45, 2.75) is 43.6 Å². The summed E-state index contributed by atoms with van der Waals surface area (Å²) in [6, 6.07) is 3.54. The van der Waals surface area contributed by atoms with E-state index in [1.807, 2.05) is 20.8 Å². The lowest BCUT2D eigenvalue weighted by Crippen LogP contribution is -2.22. The summed E-state index contributed by atoms with van der Waals surface area (Å²) in [4.78, 5) is 16.7. The van der Waals surface area contributed by atoms with Crippen LogP contribution in [0.3, 0.4) is 0 Å². The molecule has 0 fully saturated rings. The van der Waals surface area contributed by atoms with Crippen LogP contribution in [-0.4, -0.2) is 26.3 Å². The standard InChI is InChI=1S/C18H18F2N4O2S2/c1-9(28-17-24-23-15(26-17)18(2,3)4)14(25)22-16-21-13(8-27-16)10-5-6-11(19)12(20)7-10/h5-9H,1-4H3,(H,21,22,25). The van der Waals surface area contributed by atoms with Crippen molar-refractivity contribution in [3.8, 4) is 11.3 Å². The Balaban J connectivity index is 1.63. The van der Waals surface area contributed by atoms with Gasteiger partial charge in [-0.2, -0.15) is 0 Å². The number of hydrogen-bond donors (Lipinski definition) is 1. The molecule has 3 rings (SSSR count). The Morgan fingerprint density at radius 3 is 2.64 bits per heavy atom. The highest BCUT2D eigenvalue weighted by Gasteiger charge is 2.24. The Hall–Kier alpha value is -2.33. The molecule has 0 radical (unpaired) electrons. The minimum atomic E-state index is -0.949. The molecule has 1 amide bonds. The quantitative estimate of drug-likeness (QED) is 0.588. The minimum Gasteiger partial charge on any atom is -0.415 e. The lowest BCUT2D eigenvalue weighted by atomic mass is 9.97. The molecule has 1 unspecified atom stereocenters. The van der Waals surface area contributed by atoms with E-state index in [4.69, 9.17) is 4.42 Å². The molecular weight excluding hydrogens is 406 g/mol. The number of carbonyl (C=O) groups excluding carboxylic acids is 1. The van der Waals surface area contributed by atoms with Gasteiger partial charge < -0.3 is 9.73 Å². The van der Waals surface area contributed by atoms with Gasteiger partial charge in [0.15, 0.2) is 16.8 Å². The Morgan fingerprint density at radius 1 is 1.25 bits per heavy atom. The monoisotopic (exact) mass is 424 g/mol.